The molecule has 4 heteroatoms. The third-order valence-electron chi connectivity index (χ3n) is 3.11. The fourth-order valence-electron chi connectivity index (χ4n) is 2.06. The van der Waals surface area contributed by atoms with Crippen molar-refractivity contribution in [2.75, 3.05) is 19.5 Å². The Morgan fingerprint density at radius 3 is 2.58 bits per heavy atom. The number of nitriles is 1. The van der Waals surface area contributed by atoms with E-state index in [1.54, 1.807) is 20.3 Å². The van der Waals surface area contributed by atoms with Crippen LogP contribution in [0.1, 0.15) is 32.8 Å². The molecule has 0 aliphatic rings. The Morgan fingerprint density at radius 2 is 2.05 bits per heavy atom. The first kappa shape index (κ1) is 15.3. The average molecular weight is 262 g/mol. The fraction of sp³-hybridized carbons (Fsp3) is 0.533. The van der Waals surface area contributed by atoms with E-state index in [2.05, 4.69) is 18.3 Å². The second kappa shape index (κ2) is 6.44. The summed E-state index contributed by atoms with van der Waals surface area (Å²) in [5.41, 5.74) is 1.12. The highest BCUT2D eigenvalue weighted by atomic mass is 16.5. The third kappa shape index (κ3) is 4.15. The topological polar surface area (TPSA) is 54.3 Å². The number of rotatable bonds is 6. The fourth-order valence-corrected chi connectivity index (χ4v) is 2.06. The van der Waals surface area contributed by atoms with E-state index in [4.69, 9.17) is 14.7 Å². The second-order valence-electron chi connectivity index (χ2n) is 5.21. The van der Waals surface area contributed by atoms with Crippen molar-refractivity contribution in [1.29, 1.82) is 5.26 Å². The smallest absolute Gasteiger partial charge is 0.143 e. The molecular formula is C15H22N2O2. The van der Waals surface area contributed by atoms with Crippen LogP contribution in [-0.4, -0.2) is 25.9 Å². The van der Waals surface area contributed by atoms with Gasteiger partial charge in [0.1, 0.15) is 11.8 Å². The standard InChI is InChI=1S/C15H22N2O2/c1-11(9-15(2,3)19-5)17-14-12(10-16)7-6-8-13(14)18-4/h6-8,11,17H,9H2,1-5H3. The van der Waals surface area contributed by atoms with Gasteiger partial charge in [-0.05, 0) is 39.3 Å². The average Bonchev–Trinajstić information content (AvgIpc) is 2.38. The molecule has 0 saturated heterocycles. The van der Waals surface area contributed by atoms with Crippen molar-refractivity contribution < 1.29 is 9.47 Å². The third-order valence-corrected chi connectivity index (χ3v) is 3.11. The zero-order chi connectivity index (χ0) is 14.5. The normalized spacial score (nSPS) is 12.6. The zero-order valence-electron chi connectivity index (χ0n) is 12.3. The number of methoxy groups -OCH3 is 2. The van der Waals surface area contributed by atoms with Crippen LogP contribution >= 0.6 is 0 Å². The molecule has 0 spiro atoms. The van der Waals surface area contributed by atoms with Crippen LogP contribution in [0.3, 0.4) is 0 Å². The minimum Gasteiger partial charge on any atom is -0.495 e. The maximum absolute atomic E-state index is 9.16. The van der Waals surface area contributed by atoms with E-state index in [1.807, 2.05) is 26.0 Å². The van der Waals surface area contributed by atoms with Crippen LogP contribution in [0.25, 0.3) is 0 Å². The maximum Gasteiger partial charge on any atom is 0.143 e. The van der Waals surface area contributed by atoms with Crippen molar-refractivity contribution in [3.05, 3.63) is 23.8 Å². The molecule has 0 aliphatic carbocycles. The highest BCUT2D eigenvalue weighted by Gasteiger charge is 2.21. The first-order chi connectivity index (χ1) is 8.93. The molecule has 0 fully saturated rings. The highest BCUT2D eigenvalue weighted by molar-refractivity contribution is 5.66. The molecule has 0 radical (unpaired) electrons. The zero-order valence-corrected chi connectivity index (χ0v) is 12.3. The molecule has 1 unspecified atom stereocenters. The minimum atomic E-state index is -0.207. The summed E-state index contributed by atoms with van der Waals surface area (Å²) in [5, 5.41) is 12.5. The van der Waals surface area contributed by atoms with Gasteiger partial charge in [-0.2, -0.15) is 5.26 Å². The van der Waals surface area contributed by atoms with Crippen molar-refractivity contribution >= 4 is 5.69 Å². The summed E-state index contributed by atoms with van der Waals surface area (Å²) in [5.74, 6) is 0.682. The van der Waals surface area contributed by atoms with Crippen LogP contribution < -0.4 is 10.1 Å². The quantitative estimate of drug-likeness (QED) is 0.855. The highest BCUT2D eigenvalue weighted by Crippen LogP contribution is 2.29. The van der Waals surface area contributed by atoms with E-state index >= 15 is 0 Å². The summed E-state index contributed by atoms with van der Waals surface area (Å²) in [7, 11) is 3.31. The van der Waals surface area contributed by atoms with Crippen LogP contribution in [0.4, 0.5) is 5.69 Å². The predicted octanol–water partition coefficient (Wildman–Crippen LogP) is 3.18. The van der Waals surface area contributed by atoms with Gasteiger partial charge in [-0.15, -0.1) is 0 Å². The van der Waals surface area contributed by atoms with Gasteiger partial charge in [0.15, 0.2) is 0 Å². The molecule has 1 aromatic carbocycles. The van der Waals surface area contributed by atoms with Gasteiger partial charge in [-0.1, -0.05) is 6.07 Å². The second-order valence-corrected chi connectivity index (χ2v) is 5.21. The van der Waals surface area contributed by atoms with Crippen molar-refractivity contribution in [1.82, 2.24) is 0 Å². The van der Waals surface area contributed by atoms with Crippen LogP contribution in [0, 0.1) is 11.3 Å². The molecule has 0 heterocycles. The molecular weight excluding hydrogens is 240 g/mol. The lowest BCUT2D eigenvalue weighted by atomic mass is 9.99. The summed E-state index contributed by atoms with van der Waals surface area (Å²) in [4.78, 5) is 0. The van der Waals surface area contributed by atoms with Crippen molar-refractivity contribution in [2.45, 2.75) is 38.8 Å². The molecule has 1 aromatic rings. The molecule has 0 aliphatic heterocycles. The molecule has 4 nitrogen and oxygen atoms in total. The van der Waals surface area contributed by atoms with E-state index in [1.165, 1.54) is 0 Å². The van der Waals surface area contributed by atoms with Crippen molar-refractivity contribution in [3.8, 4) is 11.8 Å². The monoisotopic (exact) mass is 262 g/mol. The lowest BCUT2D eigenvalue weighted by molar-refractivity contribution is 0.0128. The van der Waals surface area contributed by atoms with Gasteiger partial charge >= 0.3 is 0 Å². The van der Waals surface area contributed by atoms with Crippen LogP contribution in [0.15, 0.2) is 18.2 Å². The number of anilines is 1. The lowest BCUT2D eigenvalue weighted by Crippen LogP contribution is -2.31. The van der Waals surface area contributed by atoms with Crippen LogP contribution in [-0.2, 0) is 4.74 Å². The maximum atomic E-state index is 9.16. The Balaban J connectivity index is 2.90. The number of nitrogens with zero attached hydrogens (tertiary/aromatic N) is 1. The van der Waals surface area contributed by atoms with Crippen LogP contribution in [0.2, 0.25) is 0 Å². The minimum absolute atomic E-state index is 0.165. The first-order valence-corrected chi connectivity index (χ1v) is 6.32. The van der Waals surface area contributed by atoms with Gasteiger partial charge < -0.3 is 14.8 Å². The lowest BCUT2D eigenvalue weighted by Gasteiger charge is -2.28. The number of hydrogen-bond acceptors (Lipinski definition) is 4. The van der Waals surface area contributed by atoms with Crippen LogP contribution in [0.5, 0.6) is 5.75 Å². The Labute approximate surface area is 115 Å². The Morgan fingerprint density at radius 1 is 1.37 bits per heavy atom. The summed E-state index contributed by atoms with van der Waals surface area (Å²) >= 11 is 0. The molecule has 1 atom stereocenters. The Hall–Kier alpha value is -1.73. The molecule has 104 valence electrons. The van der Waals surface area contributed by atoms with Crippen molar-refractivity contribution in [3.63, 3.8) is 0 Å². The summed E-state index contributed by atoms with van der Waals surface area (Å²) < 4.78 is 10.7. The summed E-state index contributed by atoms with van der Waals surface area (Å²) in [6.07, 6.45) is 0.826. The largest absolute Gasteiger partial charge is 0.495 e. The molecule has 1 rings (SSSR count). The van der Waals surface area contributed by atoms with E-state index in [0.717, 1.165) is 12.1 Å². The Kier molecular flexibility index (Phi) is 5.20. The Bertz CT molecular complexity index is 464. The van der Waals surface area contributed by atoms with E-state index in [-0.39, 0.29) is 11.6 Å². The van der Waals surface area contributed by atoms with E-state index < -0.39 is 0 Å². The van der Waals surface area contributed by atoms with Crippen molar-refractivity contribution in [2.24, 2.45) is 0 Å². The molecule has 1 N–H and O–H groups in total. The number of para-hydroxylation sites is 1. The molecule has 19 heavy (non-hydrogen) atoms. The van der Waals surface area contributed by atoms with Gasteiger partial charge in [0.25, 0.3) is 0 Å². The van der Waals surface area contributed by atoms with Gasteiger partial charge in [0.2, 0.25) is 0 Å². The van der Waals surface area contributed by atoms with Gasteiger partial charge in [-0.25, -0.2) is 0 Å². The molecule has 0 saturated carbocycles. The molecule has 0 bridgehead atoms. The van der Waals surface area contributed by atoms with Gasteiger partial charge in [-0.3, -0.25) is 0 Å². The summed E-state index contributed by atoms with van der Waals surface area (Å²) in [6, 6.07) is 7.78. The number of benzene rings is 1. The number of nitrogens with one attached hydrogen (secondary N) is 1. The van der Waals surface area contributed by atoms with E-state index in [9.17, 15) is 0 Å². The molecule has 0 aromatic heterocycles. The van der Waals surface area contributed by atoms with Gasteiger partial charge in [0, 0.05) is 13.2 Å². The number of ether oxygens (including phenoxy) is 2. The van der Waals surface area contributed by atoms with E-state index in [0.29, 0.717) is 11.3 Å². The SMILES string of the molecule is COc1cccc(C#N)c1NC(C)CC(C)(C)OC. The van der Waals surface area contributed by atoms with Gasteiger partial charge in [0.05, 0.1) is 24.0 Å². The first-order valence-electron chi connectivity index (χ1n) is 6.32. The predicted molar refractivity (Wildman–Crippen MR) is 76.5 cm³/mol. The summed E-state index contributed by atoms with van der Waals surface area (Å²) in [6.45, 7) is 6.14. The number of hydrogen-bond donors (Lipinski definition) is 1. The molecule has 0 amide bonds.